The van der Waals surface area contributed by atoms with Gasteiger partial charge in [-0.25, -0.2) is 9.97 Å². The zero-order valence-electron chi connectivity index (χ0n) is 13.6. The average molecular weight is 353 g/mol. The zero-order chi connectivity index (χ0) is 17.2. The lowest BCUT2D eigenvalue weighted by atomic mass is 10.1. The summed E-state index contributed by atoms with van der Waals surface area (Å²) in [6.07, 6.45) is 5.89. The fourth-order valence-corrected chi connectivity index (χ4v) is 3.18. The minimum atomic E-state index is 0.709. The van der Waals surface area contributed by atoms with E-state index >= 15 is 0 Å². The van der Waals surface area contributed by atoms with Crippen molar-refractivity contribution in [2.24, 2.45) is 0 Å². The van der Waals surface area contributed by atoms with E-state index in [0.717, 1.165) is 53.4 Å². The van der Waals surface area contributed by atoms with Crippen molar-refractivity contribution >= 4 is 11.6 Å². The Kier molecular flexibility index (Phi) is 4.34. The van der Waals surface area contributed by atoms with Crippen LogP contribution in [0, 0.1) is 5.21 Å². The minimum Gasteiger partial charge on any atom is -0.619 e. The van der Waals surface area contributed by atoms with E-state index in [1.165, 1.54) is 18.0 Å². The van der Waals surface area contributed by atoms with E-state index in [-0.39, 0.29) is 0 Å². The standard InChI is InChI=1S/C19H17ClN4O/c20-17-3-1-15(2-4-17)19-21-11-16-13-23(8-7-18(16)22-19)12-14-5-9-24(25)10-6-14/h1-6,9-11H,7-8,12-13H2. The number of halogens is 1. The largest absolute Gasteiger partial charge is 0.619 e. The first-order valence-electron chi connectivity index (χ1n) is 8.18. The van der Waals surface area contributed by atoms with Crippen LogP contribution in [0.25, 0.3) is 11.4 Å². The average Bonchev–Trinajstić information content (AvgIpc) is 2.64. The van der Waals surface area contributed by atoms with Gasteiger partial charge in [-0.1, -0.05) is 11.6 Å². The Morgan fingerprint density at radius 3 is 2.64 bits per heavy atom. The van der Waals surface area contributed by atoms with Crippen molar-refractivity contribution in [3.8, 4) is 11.4 Å². The lowest BCUT2D eigenvalue weighted by Gasteiger charge is -2.28. The van der Waals surface area contributed by atoms with Crippen molar-refractivity contribution in [3.63, 3.8) is 0 Å². The van der Waals surface area contributed by atoms with Gasteiger partial charge in [0, 0.05) is 60.5 Å². The summed E-state index contributed by atoms with van der Waals surface area (Å²) in [5.41, 5.74) is 4.39. The first kappa shape index (κ1) is 16.0. The van der Waals surface area contributed by atoms with E-state index in [0.29, 0.717) is 5.02 Å². The molecular weight excluding hydrogens is 336 g/mol. The lowest BCUT2D eigenvalue weighted by molar-refractivity contribution is -0.605. The van der Waals surface area contributed by atoms with Crippen LogP contribution in [-0.2, 0) is 19.5 Å². The highest BCUT2D eigenvalue weighted by molar-refractivity contribution is 6.30. The van der Waals surface area contributed by atoms with Gasteiger partial charge in [0.2, 0.25) is 0 Å². The van der Waals surface area contributed by atoms with Crippen LogP contribution in [-0.4, -0.2) is 21.4 Å². The molecule has 1 aliphatic heterocycles. The van der Waals surface area contributed by atoms with Crippen LogP contribution in [0.4, 0.5) is 0 Å². The van der Waals surface area contributed by atoms with Crippen molar-refractivity contribution in [1.82, 2.24) is 14.9 Å². The van der Waals surface area contributed by atoms with E-state index < -0.39 is 0 Å². The van der Waals surface area contributed by atoms with E-state index in [1.807, 2.05) is 42.6 Å². The predicted molar refractivity (Wildman–Crippen MR) is 95.7 cm³/mol. The molecule has 0 amide bonds. The predicted octanol–water partition coefficient (Wildman–Crippen LogP) is 2.99. The maximum Gasteiger partial charge on any atom is 0.180 e. The molecule has 3 aromatic rings. The van der Waals surface area contributed by atoms with Gasteiger partial charge in [-0.05, 0) is 29.8 Å². The van der Waals surface area contributed by atoms with Crippen molar-refractivity contribution in [2.45, 2.75) is 19.5 Å². The van der Waals surface area contributed by atoms with E-state index in [9.17, 15) is 5.21 Å². The smallest absolute Gasteiger partial charge is 0.180 e. The molecular formula is C19H17ClN4O. The third-order valence-electron chi connectivity index (χ3n) is 4.39. The monoisotopic (exact) mass is 352 g/mol. The molecule has 0 radical (unpaired) electrons. The summed E-state index contributed by atoms with van der Waals surface area (Å²) in [6.45, 7) is 2.58. The summed E-state index contributed by atoms with van der Waals surface area (Å²) in [7, 11) is 0. The highest BCUT2D eigenvalue weighted by Crippen LogP contribution is 2.23. The Bertz CT molecular complexity index is 881. The fourth-order valence-electron chi connectivity index (χ4n) is 3.05. The summed E-state index contributed by atoms with van der Waals surface area (Å²) in [5, 5.41) is 11.8. The summed E-state index contributed by atoms with van der Waals surface area (Å²) < 4.78 is 0.807. The van der Waals surface area contributed by atoms with Crippen LogP contribution in [0.15, 0.2) is 55.0 Å². The molecule has 4 rings (SSSR count). The number of rotatable bonds is 3. The SMILES string of the molecule is [O-][n+]1ccc(CN2CCc3nc(-c4ccc(Cl)cc4)ncc3C2)cc1. The maximum absolute atomic E-state index is 11.1. The van der Waals surface area contributed by atoms with Crippen LogP contribution in [0.2, 0.25) is 5.02 Å². The third kappa shape index (κ3) is 3.62. The number of benzene rings is 1. The maximum atomic E-state index is 11.1. The van der Waals surface area contributed by atoms with Crippen LogP contribution in [0.1, 0.15) is 16.8 Å². The molecule has 2 aromatic heterocycles. The van der Waals surface area contributed by atoms with Crippen LogP contribution < -0.4 is 4.73 Å². The number of pyridine rings is 1. The summed E-state index contributed by atoms with van der Waals surface area (Å²) in [4.78, 5) is 11.6. The lowest BCUT2D eigenvalue weighted by Crippen LogP contribution is -2.31. The van der Waals surface area contributed by atoms with Crippen molar-refractivity contribution in [2.75, 3.05) is 6.54 Å². The second kappa shape index (κ2) is 6.78. The molecule has 126 valence electrons. The molecule has 1 aliphatic rings. The first-order valence-corrected chi connectivity index (χ1v) is 8.56. The van der Waals surface area contributed by atoms with Gasteiger partial charge >= 0.3 is 0 Å². The van der Waals surface area contributed by atoms with Gasteiger partial charge in [0.15, 0.2) is 18.2 Å². The molecule has 0 atom stereocenters. The van der Waals surface area contributed by atoms with Crippen LogP contribution >= 0.6 is 11.6 Å². The molecule has 0 unspecified atom stereocenters. The van der Waals surface area contributed by atoms with E-state index in [2.05, 4.69) is 9.88 Å². The molecule has 6 heteroatoms. The van der Waals surface area contributed by atoms with Crippen LogP contribution in [0.5, 0.6) is 0 Å². The number of nitrogens with zero attached hydrogens (tertiary/aromatic N) is 4. The van der Waals surface area contributed by atoms with E-state index in [4.69, 9.17) is 16.6 Å². The summed E-state index contributed by atoms with van der Waals surface area (Å²) >= 11 is 5.94. The van der Waals surface area contributed by atoms with Gasteiger partial charge in [-0.2, -0.15) is 4.73 Å². The quantitative estimate of drug-likeness (QED) is 0.537. The Morgan fingerprint density at radius 2 is 1.88 bits per heavy atom. The van der Waals surface area contributed by atoms with Gasteiger partial charge < -0.3 is 5.21 Å². The first-order chi connectivity index (χ1) is 12.2. The second-order valence-electron chi connectivity index (χ2n) is 6.20. The number of aromatic nitrogens is 3. The highest BCUT2D eigenvalue weighted by Gasteiger charge is 2.19. The molecule has 0 fully saturated rings. The van der Waals surface area contributed by atoms with Gasteiger partial charge in [0.1, 0.15) is 0 Å². The molecule has 5 nitrogen and oxygen atoms in total. The third-order valence-corrected chi connectivity index (χ3v) is 4.64. The van der Waals surface area contributed by atoms with Gasteiger partial charge in [0.25, 0.3) is 0 Å². The molecule has 1 aromatic carbocycles. The molecule has 0 saturated heterocycles. The van der Waals surface area contributed by atoms with Crippen molar-refractivity contribution in [1.29, 1.82) is 0 Å². The normalized spacial score (nSPS) is 14.3. The molecule has 0 bridgehead atoms. The minimum absolute atomic E-state index is 0.709. The van der Waals surface area contributed by atoms with Crippen molar-refractivity contribution < 1.29 is 4.73 Å². The van der Waals surface area contributed by atoms with Gasteiger partial charge in [0.05, 0.1) is 5.69 Å². The zero-order valence-corrected chi connectivity index (χ0v) is 14.4. The number of fused-ring (bicyclic) bond motifs is 1. The molecule has 0 saturated carbocycles. The Hall–Kier alpha value is -2.50. The second-order valence-corrected chi connectivity index (χ2v) is 6.64. The summed E-state index contributed by atoms with van der Waals surface area (Å²) in [5.74, 6) is 0.743. The topological polar surface area (TPSA) is 56.0 Å². The highest BCUT2D eigenvalue weighted by atomic mass is 35.5. The molecule has 0 N–H and O–H groups in total. The molecule has 3 heterocycles. The summed E-state index contributed by atoms with van der Waals surface area (Å²) in [6, 6.07) is 11.3. The van der Waals surface area contributed by atoms with Crippen LogP contribution in [0.3, 0.4) is 0 Å². The number of hydrogen-bond acceptors (Lipinski definition) is 4. The molecule has 25 heavy (non-hydrogen) atoms. The molecule has 0 aliphatic carbocycles. The number of hydrogen-bond donors (Lipinski definition) is 0. The van der Waals surface area contributed by atoms with E-state index in [1.54, 1.807) is 0 Å². The Morgan fingerprint density at radius 1 is 1.12 bits per heavy atom. The Balaban J connectivity index is 1.50. The van der Waals surface area contributed by atoms with Gasteiger partial charge in [-0.15, -0.1) is 0 Å². The van der Waals surface area contributed by atoms with Crippen molar-refractivity contribution in [3.05, 3.63) is 82.0 Å². The van der Waals surface area contributed by atoms with Gasteiger partial charge in [-0.3, -0.25) is 4.90 Å². The molecule has 0 spiro atoms. The Labute approximate surface area is 151 Å². The fraction of sp³-hybridized carbons (Fsp3) is 0.211.